The predicted octanol–water partition coefficient (Wildman–Crippen LogP) is 14.5. The number of rotatable bonds is 7. The average Bonchev–Trinajstić information content (AvgIpc) is 3.79. The first-order chi connectivity index (χ1) is 27.1. The van der Waals surface area contributed by atoms with Crippen LogP contribution >= 0.6 is 0 Å². The number of furan rings is 1. The summed E-state index contributed by atoms with van der Waals surface area (Å²) in [6.45, 7) is 15.8. The van der Waals surface area contributed by atoms with Crippen LogP contribution in [0.2, 0.25) is 0 Å². The van der Waals surface area contributed by atoms with E-state index < -0.39 is 0 Å². The van der Waals surface area contributed by atoms with E-state index in [9.17, 15) is 0 Å². The van der Waals surface area contributed by atoms with Gasteiger partial charge in [0, 0.05) is 22.4 Å². The summed E-state index contributed by atoms with van der Waals surface area (Å²) in [5.41, 5.74) is 16.3. The maximum Gasteiger partial charge on any atom is 0.149 e. The molecule has 0 saturated heterocycles. The third-order valence-electron chi connectivity index (χ3n) is 11.1. The molecule has 9 rings (SSSR count). The van der Waals surface area contributed by atoms with E-state index in [-0.39, 0.29) is 17.3 Å². The molecule has 0 amide bonds. The van der Waals surface area contributed by atoms with Gasteiger partial charge in [-0.3, -0.25) is 9.55 Å². The molecule has 0 atom stereocenters. The van der Waals surface area contributed by atoms with Crippen LogP contribution in [-0.4, -0.2) is 14.5 Å². The lowest BCUT2D eigenvalue weighted by molar-refractivity contribution is 0.574. The minimum Gasteiger partial charge on any atom is -0.455 e. The standard InChI is InChI=1S/C52H47N3O/c1-32(2)43-29-39(35-17-12-9-13-18-35)30-44(33(3)4)48(43)55-45-27-28-53-50(52(5,6)7)47(45)54-51(55)42-20-14-19-41-40-26-25-38(31-46(40)56-49(41)42)37-23-21-36(22-24-37)34-15-10-8-11-16-34/h8-33H,1-7H3. The number of imidazole rings is 1. The second-order valence-electron chi connectivity index (χ2n) is 16.7. The number of pyridine rings is 1. The van der Waals surface area contributed by atoms with Gasteiger partial charge in [0.25, 0.3) is 0 Å². The fourth-order valence-electron chi connectivity index (χ4n) is 8.22. The van der Waals surface area contributed by atoms with Crippen molar-refractivity contribution in [3.8, 4) is 50.5 Å². The quantitative estimate of drug-likeness (QED) is 0.164. The van der Waals surface area contributed by atoms with Gasteiger partial charge in [-0.1, -0.05) is 152 Å². The van der Waals surface area contributed by atoms with Crippen molar-refractivity contribution in [2.75, 3.05) is 0 Å². The topological polar surface area (TPSA) is 43.9 Å². The van der Waals surface area contributed by atoms with Gasteiger partial charge in [0.15, 0.2) is 0 Å². The van der Waals surface area contributed by atoms with Crippen molar-refractivity contribution in [2.24, 2.45) is 0 Å². The van der Waals surface area contributed by atoms with E-state index in [2.05, 4.69) is 193 Å². The Morgan fingerprint density at radius 3 is 1.73 bits per heavy atom. The number of aromatic nitrogens is 3. The molecule has 4 nitrogen and oxygen atoms in total. The van der Waals surface area contributed by atoms with Gasteiger partial charge in [-0.25, -0.2) is 4.98 Å². The number of hydrogen-bond donors (Lipinski definition) is 0. The molecule has 0 aliphatic heterocycles. The van der Waals surface area contributed by atoms with Crippen LogP contribution in [0.1, 0.15) is 77.1 Å². The van der Waals surface area contributed by atoms with Crippen LogP contribution in [-0.2, 0) is 5.41 Å². The third kappa shape index (κ3) is 6.10. The van der Waals surface area contributed by atoms with Gasteiger partial charge in [-0.15, -0.1) is 0 Å². The van der Waals surface area contributed by atoms with Gasteiger partial charge in [0.05, 0.1) is 22.5 Å². The molecule has 4 heteroatoms. The van der Waals surface area contributed by atoms with Crippen molar-refractivity contribution in [3.63, 3.8) is 0 Å². The van der Waals surface area contributed by atoms with E-state index in [1.807, 2.05) is 6.20 Å². The van der Waals surface area contributed by atoms with Crippen LogP contribution in [0.3, 0.4) is 0 Å². The lowest BCUT2D eigenvalue weighted by Gasteiger charge is -2.24. The summed E-state index contributed by atoms with van der Waals surface area (Å²) in [6.07, 6.45) is 1.95. The lowest BCUT2D eigenvalue weighted by Crippen LogP contribution is -2.14. The summed E-state index contributed by atoms with van der Waals surface area (Å²) >= 11 is 0. The second kappa shape index (κ2) is 13.8. The zero-order chi connectivity index (χ0) is 38.7. The average molecular weight is 730 g/mol. The Kier molecular flexibility index (Phi) is 8.73. The Hall–Kier alpha value is -6.26. The molecule has 0 aliphatic rings. The summed E-state index contributed by atoms with van der Waals surface area (Å²) in [4.78, 5) is 10.5. The summed E-state index contributed by atoms with van der Waals surface area (Å²) < 4.78 is 9.35. The molecule has 0 radical (unpaired) electrons. The van der Waals surface area contributed by atoms with Crippen molar-refractivity contribution in [1.82, 2.24) is 14.5 Å². The molecule has 0 bridgehead atoms. The molecule has 0 unspecified atom stereocenters. The predicted molar refractivity (Wildman–Crippen MR) is 235 cm³/mol. The van der Waals surface area contributed by atoms with Crippen molar-refractivity contribution in [1.29, 1.82) is 0 Å². The molecule has 9 aromatic rings. The Bertz CT molecular complexity index is 2840. The van der Waals surface area contributed by atoms with Crippen molar-refractivity contribution in [2.45, 2.75) is 65.7 Å². The van der Waals surface area contributed by atoms with E-state index in [1.165, 1.54) is 39.1 Å². The molecular formula is C52H47N3O. The molecule has 0 aliphatic carbocycles. The first-order valence-corrected chi connectivity index (χ1v) is 19.8. The summed E-state index contributed by atoms with van der Waals surface area (Å²) in [7, 11) is 0. The summed E-state index contributed by atoms with van der Waals surface area (Å²) in [6, 6.07) is 50.0. The molecule has 0 N–H and O–H groups in total. The number of hydrogen-bond acceptors (Lipinski definition) is 3. The van der Waals surface area contributed by atoms with Crippen LogP contribution in [0, 0.1) is 0 Å². The smallest absolute Gasteiger partial charge is 0.149 e. The SMILES string of the molecule is CC(C)c1cc(-c2ccccc2)cc(C(C)C)c1-n1c(-c2cccc3c2oc2cc(-c4ccc(-c5ccccc5)cc4)ccc23)nc2c(C(C)(C)C)nccc21. The van der Waals surface area contributed by atoms with E-state index in [0.29, 0.717) is 0 Å². The molecule has 0 spiro atoms. The molecule has 6 aromatic carbocycles. The highest BCUT2D eigenvalue weighted by Crippen LogP contribution is 2.44. The zero-order valence-corrected chi connectivity index (χ0v) is 33.3. The molecule has 276 valence electrons. The summed E-state index contributed by atoms with van der Waals surface area (Å²) in [5, 5.41) is 2.16. The lowest BCUT2D eigenvalue weighted by atomic mass is 9.88. The van der Waals surface area contributed by atoms with Gasteiger partial charge in [-0.2, -0.15) is 0 Å². The first-order valence-electron chi connectivity index (χ1n) is 19.8. The van der Waals surface area contributed by atoms with E-state index >= 15 is 0 Å². The van der Waals surface area contributed by atoms with Crippen LogP contribution in [0.4, 0.5) is 0 Å². The number of nitrogens with zero attached hydrogens (tertiary/aromatic N) is 3. The van der Waals surface area contributed by atoms with E-state index in [4.69, 9.17) is 14.4 Å². The minimum absolute atomic E-state index is 0.212. The number of para-hydroxylation sites is 1. The molecule has 0 saturated carbocycles. The van der Waals surface area contributed by atoms with Crippen LogP contribution in [0.5, 0.6) is 0 Å². The Balaban J connectivity index is 1.28. The van der Waals surface area contributed by atoms with Crippen LogP contribution < -0.4 is 0 Å². The first kappa shape index (κ1) is 35.4. The highest BCUT2D eigenvalue weighted by Gasteiger charge is 2.29. The highest BCUT2D eigenvalue weighted by atomic mass is 16.3. The van der Waals surface area contributed by atoms with E-state index in [1.54, 1.807) is 0 Å². The van der Waals surface area contributed by atoms with Crippen LogP contribution in [0.15, 0.2) is 150 Å². The number of benzene rings is 6. The van der Waals surface area contributed by atoms with Crippen molar-refractivity contribution < 1.29 is 4.42 Å². The minimum atomic E-state index is -0.212. The highest BCUT2D eigenvalue weighted by molar-refractivity contribution is 6.10. The van der Waals surface area contributed by atoms with Gasteiger partial charge in [0.1, 0.15) is 22.5 Å². The normalized spacial score (nSPS) is 12.2. The molecule has 0 fully saturated rings. The molecular weight excluding hydrogens is 683 g/mol. The Morgan fingerprint density at radius 1 is 0.554 bits per heavy atom. The van der Waals surface area contributed by atoms with Crippen LogP contribution in [0.25, 0.3) is 83.4 Å². The monoisotopic (exact) mass is 729 g/mol. The third-order valence-corrected chi connectivity index (χ3v) is 11.1. The van der Waals surface area contributed by atoms with Gasteiger partial charge in [-0.05, 0) is 92.7 Å². The fraction of sp³-hybridized carbons (Fsp3) is 0.192. The fourth-order valence-corrected chi connectivity index (χ4v) is 8.22. The van der Waals surface area contributed by atoms with Crippen molar-refractivity contribution >= 4 is 33.0 Å². The largest absolute Gasteiger partial charge is 0.455 e. The van der Waals surface area contributed by atoms with Gasteiger partial charge < -0.3 is 4.42 Å². The Labute approximate surface area is 329 Å². The van der Waals surface area contributed by atoms with Crippen molar-refractivity contribution in [3.05, 3.63) is 163 Å². The second-order valence-corrected chi connectivity index (χ2v) is 16.7. The maximum atomic E-state index is 6.94. The number of fused-ring (bicyclic) bond motifs is 4. The maximum absolute atomic E-state index is 6.94. The van der Waals surface area contributed by atoms with Gasteiger partial charge >= 0.3 is 0 Å². The molecule has 3 aromatic heterocycles. The molecule has 56 heavy (non-hydrogen) atoms. The zero-order valence-electron chi connectivity index (χ0n) is 33.3. The molecule has 3 heterocycles. The van der Waals surface area contributed by atoms with E-state index in [0.717, 1.165) is 61.2 Å². The summed E-state index contributed by atoms with van der Waals surface area (Å²) in [5.74, 6) is 1.36. The van der Waals surface area contributed by atoms with Gasteiger partial charge in [0.2, 0.25) is 0 Å². The Morgan fingerprint density at radius 2 is 1.12 bits per heavy atom.